The molecule has 1 saturated heterocycles. The Hall–Kier alpha value is -2.67. The van der Waals surface area contributed by atoms with Gasteiger partial charge in [0.15, 0.2) is 5.69 Å². The highest BCUT2D eigenvalue weighted by molar-refractivity contribution is 5.85. The van der Waals surface area contributed by atoms with E-state index in [4.69, 9.17) is 9.84 Å². The molecule has 2 heterocycles. The van der Waals surface area contributed by atoms with Crippen molar-refractivity contribution in [3.05, 3.63) is 47.8 Å². The highest BCUT2D eigenvalue weighted by Gasteiger charge is 2.16. The van der Waals surface area contributed by atoms with Gasteiger partial charge in [-0.3, -0.25) is 4.79 Å². The number of carbonyl (C=O) groups is 2. The number of benzene rings is 1. The second-order valence-corrected chi connectivity index (χ2v) is 6.17. The minimum absolute atomic E-state index is 0.00500. The molecule has 2 N–H and O–H groups in total. The summed E-state index contributed by atoms with van der Waals surface area (Å²) in [4.78, 5) is 22.9. The van der Waals surface area contributed by atoms with Gasteiger partial charge in [-0.1, -0.05) is 12.1 Å². The zero-order chi connectivity index (χ0) is 17.6. The molecule has 1 amide bonds. The van der Waals surface area contributed by atoms with Crippen molar-refractivity contribution in [1.82, 2.24) is 15.1 Å². The maximum Gasteiger partial charge on any atom is 0.356 e. The first kappa shape index (κ1) is 17.2. The Kier molecular flexibility index (Phi) is 5.45. The van der Waals surface area contributed by atoms with Gasteiger partial charge in [0, 0.05) is 32.4 Å². The van der Waals surface area contributed by atoms with Gasteiger partial charge in [-0.2, -0.15) is 5.10 Å². The lowest BCUT2D eigenvalue weighted by molar-refractivity contribution is -0.121. The molecular weight excluding hydrogens is 322 g/mol. The third-order valence-corrected chi connectivity index (χ3v) is 4.28. The number of aromatic carboxylic acids is 1. The molecule has 1 aliphatic rings. The van der Waals surface area contributed by atoms with E-state index in [0.717, 1.165) is 37.3 Å². The van der Waals surface area contributed by atoms with Crippen molar-refractivity contribution >= 4 is 11.9 Å². The SMILES string of the molecule is O=C(CCC1CCOC1)NCc1cccc(-n2ccc(C(=O)O)n2)c1. The second-order valence-electron chi connectivity index (χ2n) is 6.17. The average molecular weight is 343 g/mol. The Morgan fingerprint density at radius 3 is 2.96 bits per heavy atom. The van der Waals surface area contributed by atoms with Crippen molar-refractivity contribution in [2.75, 3.05) is 13.2 Å². The van der Waals surface area contributed by atoms with Gasteiger partial charge >= 0.3 is 5.97 Å². The normalized spacial score (nSPS) is 16.7. The predicted molar refractivity (Wildman–Crippen MR) is 90.5 cm³/mol. The topological polar surface area (TPSA) is 93.5 Å². The van der Waals surface area contributed by atoms with Gasteiger partial charge < -0.3 is 15.2 Å². The number of rotatable bonds is 7. The maximum absolute atomic E-state index is 12.0. The number of nitrogens with zero attached hydrogens (tertiary/aromatic N) is 2. The molecule has 0 spiro atoms. The van der Waals surface area contributed by atoms with E-state index < -0.39 is 5.97 Å². The van der Waals surface area contributed by atoms with Crippen molar-refractivity contribution in [2.24, 2.45) is 5.92 Å². The summed E-state index contributed by atoms with van der Waals surface area (Å²) >= 11 is 0. The molecule has 7 nitrogen and oxygen atoms in total. The second kappa shape index (κ2) is 7.94. The van der Waals surface area contributed by atoms with E-state index in [1.807, 2.05) is 24.3 Å². The molecule has 2 aromatic rings. The van der Waals surface area contributed by atoms with Crippen molar-refractivity contribution in [3.63, 3.8) is 0 Å². The number of hydrogen-bond acceptors (Lipinski definition) is 4. The molecule has 0 saturated carbocycles. The first-order valence-corrected chi connectivity index (χ1v) is 8.34. The number of carboxylic acids is 1. The van der Waals surface area contributed by atoms with E-state index in [-0.39, 0.29) is 11.6 Å². The number of ether oxygens (including phenoxy) is 1. The number of amides is 1. The lowest BCUT2D eigenvalue weighted by Crippen LogP contribution is -2.23. The van der Waals surface area contributed by atoms with Crippen LogP contribution in [-0.4, -0.2) is 40.0 Å². The molecular formula is C18H21N3O4. The van der Waals surface area contributed by atoms with Gasteiger partial charge in [0.25, 0.3) is 0 Å². The molecule has 132 valence electrons. The van der Waals surface area contributed by atoms with Crippen LogP contribution in [0.3, 0.4) is 0 Å². The van der Waals surface area contributed by atoms with Crippen LogP contribution in [0, 0.1) is 5.92 Å². The summed E-state index contributed by atoms with van der Waals surface area (Å²) in [6, 6.07) is 8.93. The first-order valence-electron chi connectivity index (χ1n) is 8.34. The minimum atomic E-state index is -1.06. The fraction of sp³-hybridized carbons (Fsp3) is 0.389. The molecule has 1 unspecified atom stereocenters. The van der Waals surface area contributed by atoms with Crippen LogP contribution in [0.2, 0.25) is 0 Å². The van der Waals surface area contributed by atoms with E-state index in [1.54, 1.807) is 6.20 Å². The van der Waals surface area contributed by atoms with Crippen LogP contribution in [0.5, 0.6) is 0 Å². The van der Waals surface area contributed by atoms with E-state index >= 15 is 0 Å². The summed E-state index contributed by atoms with van der Waals surface area (Å²) in [7, 11) is 0. The molecule has 0 bridgehead atoms. The van der Waals surface area contributed by atoms with Gasteiger partial charge in [-0.15, -0.1) is 0 Å². The van der Waals surface area contributed by atoms with E-state index in [9.17, 15) is 9.59 Å². The average Bonchev–Trinajstić information content (AvgIpc) is 3.30. The number of aromatic nitrogens is 2. The lowest BCUT2D eigenvalue weighted by atomic mass is 10.0. The zero-order valence-electron chi connectivity index (χ0n) is 13.9. The fourth-order valence-corrected chi connectivity index (χ4v) is 2.83. The minimum Gasteiger partial charge on any atom is -0.476 e. The van der Waals surface area contributed by atoms with Gasteiger partial charge in [-0.25, -0.2) is 9.48 Å². The van der Waals surface area contributed by atoms with Crippen molar-refractivity contribution in [1.29, 1.82) is 0 Å². The predicted octanol–water partition coefficient (Wildman–Crippen LogP) is 2.00. The monoisotopic (exact) mass is 343 g/mol. The molecule has 1 atom stereocenters. The maximum atomic E-state index is 12.0. The zero-order valence-corrected chi connectivity index (χ0v) is 13.9. The van der Waals surface area contributed by atoms with E-state index in [0.29, 0.717) is 18.9 Å². The number of nitrogens with one attached hydrogen (secondary N) is 1. The molecule has 0 aliphatic carbocycles. The molecule has 1 aromatic carbocycles. The van der Waals surface area contributed by atoms with E-state index in [2.05, 4.69) is 10.4 Å². The Labute approximate surface area is 145 Å². The van der Waals surface area contributed by atoms with Crippen LogP contribution in [-0.2, 0) is 16.1 Å². The largest absolute Gasteiger partial charge is 0.476 e. The van der Waals surface area contributed by atoms with Crippen LogP contribution >= 0.6 is 0 Å². The summed E-state index contributed by atoms with van der Waals surface area (Å²) in [6.45, 7) is 1.99. The van der Waals surface area contributed by atoms with Crippen molar-refractivity contribution < 1.29 is 19.4 Å². The van der Waals surface area contributed by atoms with Gasteiger partial charge in [0.1, 0.15) is 0 Å². The van der Waals surface area contributed by atoms with Gasteiger partial charge in [0.2, 0.25) is 5.91 Å². The molecule has 3 rings (SSSR count). The van der Waals surface area contributed by atoms with Crippen LogP contribution in [0.15, 0.2) is 36.5 Å². The molecule has 1 fully saturated rings. The van der Waals surface area contributed by atoms with Crippen LogP contribution in [0.25, 0.3) is 5.69 Å². The Balaban J connectivity index is 1.54. The summed E-state index contributed by atoms with van der Waals surface area (Å²) in [6.07, 6.45) is 4.01. The van der Waals surface area contributed by atoms with E-state index in [1.165, 1.54) is 10.7 Å². The summed E-state index contributed by atoms with van der Waals surface area (Å²) in [5, 5.41) is 15.9. The number of carboxylic acid groups (broad SMARTS) is 1. The quantitative estimate of drug-likeness (QED) is 0.802. The Bertz CT molecular complexity index is 750. The standard InChI is InChI=1S/C18H21N3O4/c22-17(5-4-13-7-9-25-12-13)19-11-14-2-1-3-15(10-14)21-8-6-16(20-21)18(23)24/h1-3,6,8,10,13H,4-5,7,9,11-12H2,(H,19,22)(H,23,24). The lowest BCUT2D eigenvalue weighted by Gasteiger charge is -2.09. The highest BCUT2D eigenvalue weighted by Crippen LogP contribution is 2.18. The fourth-order valence-electron chi connectivity index (χ4n) is 2.83. The summed E-state index contributed by atoms with van der Waals surface area (Å²) < 4.78 is 6.82. The Morgan fingerprint density at radius 1 is 1.36 bits per heavy atom. The third-order valence-electron chi connectivity index (χ3n) is 4.28. The van der Waals surface area contributed by atoms with Crippen LogP contribution < -0.4 is 5.32 Å². The van der Waals surface area contributed by atoms with Crippen molar-refractivity contribution in [2.45, 2.75) is 25.8 Å². The number of carbonyl (C=O) groups excluding carboxylic acids is 1. The summed E-state index contributed by atoms with van der Waals surface area (Å²) in [5.41, 5.74) is 1.68. The molecule has 1 aliphatic heterocycles. The number of hydrogen-bond donors (Lipinski definition) is 2. The smallest absolute Gasteiger partial charge is 0.356 e. The molecule has 0 radical (unpaired) electrons. The van der Waals surface area contributed by atoms with Crippen molar-refractivity contribution in [3.8, 4) is 5.69 Å². The molecule has 25 heavy (non-hydrogen) atoms. The highest BCUT2D eigenvalue weighted by atomic mass is 16.5. The van der Waals surface area contributed by atoms with Crippen LogP contribution in [0.1, 0.15) is 35.3 Å². The molecule has 1 aromatic heterocycles. The summed E-state index contributed by atoms with van der Waals surface area (Å²) in [5.74, 6) is -0.531. The van der Waals surface area contributed by atoms with Gasteiger partial charge in [-0.05, 0) is 42.5 Å². The third kappa shape index (κ3) is 4.67. The first-order chi connectivity index (χ1) is 12.1. The Morgan fingerprint density at radius 2 is 2.24 bits per heavy atom. The van der Waals surface area contributed by atoms with Crippen LogP contribution in [0.4, 0.5) is 0 Å². The molecule has 7 heteroatoms. The van der Waals surface area contributed by atoms with Gasteiger partial charge in [0.05, 0.1) is 5.69 Å².